The van der Waals surface area contributed by atoms with Gasteiger partial charge in [-0.2, -0.15) is 0 Å². The predicted octanol–water partition coefficient (Wildman–Crippen LogP) is 3.24. The Morgan fingerprint density at radius 3 is 2.54 bits per heavy atom. The van der Waals surface area contributed by atoms with Crippen molar-refractivity contribution in [2.75, 3.05) is 17.8 Å². The fourth-order valence-corrected chi connectivity index (χ4v) is 5.44. The number of carbonyl (C=O) groups excluding carboxylic acids is 1. The van der Waals surface area contributed by atoms with Gasteiger partial charge in [0.25, 0.3) is 5.91 Å². The van der Waals surface area contributed by atoms with E-state index in [1.165, 1.54) is 23.5 Å². The van der Waals surface area contributed by atoms with E-state index in [0.717, 1.165) is 12.0 Å². The molecule has 1 saturated heterocycles. The summed E-state index contributed by atoms with van der Waals surface area (Å²) < 4.78 is 24.0. The molecule has 0 spiro atoms. The Labute approximate surface area is 174 Å². The molecule has 0 saturated carbocycles. The van der Waals surface area contributed by atoms with Crippen LogP contribution in [-0.4, -0.2) is 53.0 Å². The largest absolute Gasteiger partial charge is 0.329 e. The Morgan fingerprint density at radius 2 is 1.96 bits per heavy atom. The summed E-state index contributed by atoms with van der Waals surface area (Å²) in [5, 5.41) is 0.606. The Hall–Kier alpha value is -1.64. The van der Waals surface area contributed by atoms with Gasteiger partial charge in [0.1, 0.15) is 0 Å². The molecule has 0 bridgehead atoms. The molecular formula is C19H22ClN3O3S2. The molecule has 0 N–H and O–H groups in total. The molecule has 1 fully saturated rings. The number of sulfone groups is 1. The van der Waals surface area contributed by atoms with Crippen LogP contribution in [0.3, 0.4) is 0 Å². The van der Waals surface area contributed by atoms with E-state index < -0.39 is 15.9 Å². The van der Waals surface area contributed by atoms with Crippen molar-refractivity contribution in [3.63, 3.8) is 0 Å². The normalized spacial score (nSPS) is 18.2. The van der Waals surface area contributed by atoms with Gasteiger partial charge < -0.3 is 4.90 Å². The number of aryl methyl sites for hydroxylation is 1. The molecule has 0 radical (unpaired) electrons. The molecule has 1 atom stereocenters. The van der Waals surface area contributed by atoms with Gasteiger partial charge in [0.05, 0.1) is 22.7 Å². The molecule has 6 nitrogen and oxygen atoms in total. The van der Waals surface area contributed by atoms with Crippen molar-refractivity contribution in [1.82, 2.24) is 14.9 Å². The summed E-state index contributed by atoms with van der Waals surface area (Å²) in [6.07, 6.45) is 4.57. The highest BCUT2D eigenvalue weighted by atomic mass is 35.5. The van der Waals surface area contributed by atoms with Gasteiger partial charge in [-0.3, -0.25) is 4.79 Å². The standard InChI is InChI=1S/C19H22ClN3O3S2/c1-3-13-4-6-14(7-5-13)11-23(15-8-9-28(25,26)12-15)18(24)17-16(20)10-21-19(22-17)27-2/h4-7,10,15H,3,8-9,11-12H2,1-2H3/t15-/m1/s1. The quantitative estimate of drug-likeness (QED) is 0.507. The Morgan fingerprint density at radius 1 is 1.29 bits per heavy atom. The van der Waals surface area contributed by atoms with Crippen molar-refractivity contribution in [1.29, 1.82) is 0 Å². The van der Waals surface area contributed by atoms with Crippen LogP contribution in [0.15, 0.2) is 35.6 Å². The number of rotatable bonds is 6. The molecule has 0 unspecified atom stereocenters. The van der Waals surface area contributed by atoms with Gasteiger partial charge in [-0.05, 0) is 30.2 Å². The minimum Gasteiger partial charge on any atom is -0.329 e. The van der Waals surface area contributed by atoms with Gasteiger partial charge in [0, 0.05) is 12.6 Å². The molecular weight excluding hydrogens is 418 g/mol. The Bertz CT molecular complexity index is 965. The van der Waals surface area contributed by atoms with Gasteiger partial charge in [0.15, 0.2) is 20.7 Å². The van der Waals surface area contributed by atoms with Crippen molar-refractivity contribution in [3.05, 3.63) is 52.3 Å². The zero-order valence-corrected chi connectivity index (χ0v) is 18.1. The predicted molar refractivity (Wildman–Crippen MR) is 112 cm³/mol. The Balaban J connectivity index is 1.94. The van der Waals surface area contributed by atoms with Crippen LogP contribution in [0.4, 0.5) is 0 Å². The molecule has 0 aliphatic carbocycles. The average Bonchev–Trinajstić information content (AvgIpc) is 3.06. The molecule has 2 aromatic rings. The van der Waals surface area contributed by atoms with E-state index in [0.29, 0.717) is 18.1 Å². The maximum atomic E-state index is 13.3. The summed E-state index contributed by atoms with van der Waals surface area (Å²) in [4.78, 5) is 23.2. The molecule has 1 aromatic carbocycles. The average molecular weight is 440 g/mol. The minimum atomic E-state index is -3.15. The number of thioether (sulfide) groups is 1. The second-order valence-corrected chi connectivity index (χ2v) is 10.1. The van der Waals surface area contributed by atoms with Gasteiger partial charge in [-0.25, -0.2) is 18.4 Å². The first kappa shape index (κ1) is 21.1. The first-order valence-corrected chi connectivity index (χ1v) is 12.4. The third-order valence-corrected chi connectivity index (χ3v) is 7.39. The molecule has 28 heavy (non-hydrogen) atoms. The lowest BCUT2D eigenvalue weighted by molar-refractivity contribution is 0.0674. The number of hydrogen-bond acceptors (Lipinski definition) is 6. The lowest BCUT2D eigenvalue weighted by Crippen LogP contribution is -2.41. The first-order chi connectivity index (χ1) is 13.3. The van der Waals surface area contributed by atoms with E-state index >= 15 is 0 Å². The van der Waals surface area contributed by atoms with Crippen LogP contribution in [-0.2, 0) is 22.8 Å². The van der Waals surface area contributed by atoms with E-state index in [1.807, 2.05) is 30.5 Å². The van der Waals surface area contributed by atoms with Crippen molar-refractivity contribution in [3.8, 4) is 0 Å². The lowest BCUT2D eigenvalue weighted by Gasteiger charge is -2.28. The van der Waals surface area contributed by atoms with Gasteiger partial charge in [0.2, 0.25) is 0 Å². The highest BCUT2D eigenvalue weighted by molar-refractivity contribution is 7.98. The molecule has 1 aliphatic heterocycles. The van der Waals surface area contributed by atoms with Gasteiger partial charge in [-0.15, -0.1) is 0 Å². The van der Waals surface area contributed by atoms with E-state index in [2.05, 4.69) is 16.9 Å². The minimum absolute atomic E-state index is 0.0378. The highest BCUT2D eigenvalue weighted by Gasteiger charge is 2.36. The number of aromatic nitrogens is 2. The smallest absolute Gasteiger partial charge is 0.274 e. The maximum absolute atomic E-state index is 13.3. The number of amides is 1. The van der Waals surface area contributed by atoms with Crippen LogP contribution < -0.4 is 0 Å². The van der Waals surface area contributed by atoms with Crippen LogP contribution in [0.25, 0.3) is 0 Å². The summed E-state index contributed by atoms with van der Waals surface area (Å²) in [6.45, 7) is 2.38. The van der Waals surface area contributed by atoms with E-state index in [1.54, 1.807) is 4.90 Å². The van der Waals surface area contributed by atoms with Crippen molar-refractivity contribution >= 4 is 39.1 Å². The number of carbonyl (C=O) groups is 1. The molecule has 1 amide bonds. The number of hydrogen-bond donors (Lipinski definition) is 0. The monoisotopic (exact) mass is 439 g/mol. The second kappa shape index (κ2) is 8.80. The van der Waals surface area contributed by atoms with Crippen molar-refractivity contribution in [2.24, 2.45) is 0 Å². The van der Waals surface area contributed by atoms with Crippen LogP contribution in [0, 0.1) is 0 Å². The molecule has 9 heteroatoms. The summed E-state index contributed by atoms with van der Waals surface area (Å²) >= 11 is 7.51. The van der Waals surface area contributed by atoms with Crippen LogP contribution in [0.5, 0.6) is 0 Å². The third kappa shape index (κ3) is 4.85. The Kier molecular flexibility index (Phi) is 6.62. The highest BCUT2D eigenvalue weighted by Crippen LogP contribution is 2.25. The molecule has 1 aromatic heterocycles. The van der Waals surface area contributed by atoms with Gasteiger partial charge >= 0.3 is 0 Å². The first-order valence-electron chi connectivity index (χ1n) is 8.98. The van der Waals surface area contributed by atoms with Crippen molar-refractivity contribution < 1.29 is 13.2 Å². The fraction of sp³-hybridized carbons (Fsp3) is 0.421. The molecule has 2 heterocycles. The second-order valence-electron chi connectivity index (χ2n) is 6.71. The molecule has 3 rings (SSSR count). The molecule has 1 aliphatic rings. The summed E-state index contributed by atoms with van der Waals surface area (Å²) in [7, 11) is -3.15. The number of benzene rings is 1. The van der Waals surface area contributed by atoms with E-state index in [9.17, 15) is 13.2 Å². The van der Waals surface area contributed by atoms with Crippen LogP contribution in [0.1, 0.15) is 35.0 Å². The summed E-state index contributed by atoms with van der Waals surface area (Å²) in [5.41, 5.74) is 2.24. The number of nitrogens with zero attached hydrogens (tertiary/aromatic N) is 3. The zero-order valence-electron chi connectivity index (χ0n) is 15.8. The maximum Gasteiger partial charge on any atom is 0.274 e. The van der Waals surface area contributed by atoms with Crippen LogP contribution >= 0.6 is 23.4 Å². The van der Waals surface area contributed by atoms with Crippen molar-refractivity contribution in [2.45, 2.75) is 37.5 Å². The third-order valence-electron chi connectivity index (χ3n) is 4.80. The SMILES string of the molecule is CCc1ccc(CN(C(=O)c2nc(SC)ncc2Cl)[C@@H]2CCS(=O)(=O)C2)cc1. The van der Waals surface area contributed by atoms with E-state index in [-0.39, 0.29) is 28.1 Å². The summed E-state index contributed by atoms with van der Waals surface area (Å²) in [5.74, 6) is -0.322. The fourth-order valence-electron chi connectivity index (χ4n) is 3.20. The number of halogens is 1. The van der Waals surface area contributed by atoms with E-state index in [4.69, 9.17) is 11.6 Å². The lowest BCUT2D eigenvalue weighted by atomic mass is 10.1. The van der Waals surface area contributed by atoms with Crippen LogP contribution in [0.2, 0.25) is 5.02 Å². The van der Waals surface area contributed by atoms with Gasteiger partial charge in [-0.1, -0.05) is 54.6 Å². The zero-order chi connectivity index (χ0) is 20.3. The summed E-state index contributed by atoms with van der Waals surface area (Å²) in [6, 6.07) is 7.58. The topological polar surface area (TPSA) is 80.2 Å². The molecule has 150 valence electrons.